The number of nitrogens with zero attached hydrogens (tertiary/aromatic N) is 1. The van der Waals surface area contributed by atoms with Gasteiger partial charge in [0.15, 0.2) is 5.69 Å². The van der Waals surface area contributed by atoms with E-state index in [1.54, 1.807) is 0 Å². The predicted molar refractivity (Wildman–Crippen MR) is 87.5 cm³/mol. The van der Waals surface area contributed by atoms with Crippen LogP contribution < -0.4 is 5.32 Å². The number of carbonyl (C=O) groups excluding carboxylic acids is 1. The van der Waals surface area contributed by atoms with Crippen molar-refractivity contribution in [3.05, 3.63) is 50.8 Å². The summed E-state index contributed by atoms with van der Waals surface area (Å²) in [5.41, 5.74) is 4.86. The Kier molecular flexibility index (Phi) is 4.83. The summed E-state index contributed by atoms with van der Waals surface area (Å²) in [6.45, 7) is 8.71. The summed E-state index contributed by atoms with van der Waals surface area (Å²) >= 11 is 3.45. The van der Waals surface area contributed by atoms with E-state index in [4.69, 9.17) is 0 Å². The number of nitrogens with one attached hydrogen (secondary N) is 2. The number of aromatic nitrogens is 2. The highest BCUT2D eigenvalue weighted by Crippen LogP contribution is 2.25. The number of amides is 1. The van der Waals surface area contributed by atoms with Crippen LogP contribution in [0.25, 0.3) is 0 Å². The number of hydrogen-bond donors (Lipinski definition) is 2. The smallest absolute Gasteiger partial charge is 0.273 e. The normalized spacial score (nSPS) is 11.0. The van der Waals surface area contributed by atoms with E-state index in [9.17, 15) is 4.79 Å². The van der Waals surface area contributed by atoms with Gasteiger partial charge in [0.2, 0.25) is 0 Å². The van der Waals surface area contributed by atoms with Crippen LogP contribution in [0.4, 0.5) is 0 Å². The maximum atomic E-state index is 12.2. The molecule has 0 bridgehead atoms. The van der Waals surface area contributed by atoms with E-state index in [1.807, 2.05) is 6.07 Å². The first kappa shape index (κ1) is 15.8. The van der Waals surface area contributed by atoms with Gasteiger partial charge in [-0.1, -0.05) is 37.6 Å². The van der Waals surface area contributed by atoms with Gasteiger partial charge in [0.25, 0.3) is 5.91 Å². The molecule has 5 heteroatoms. The quantitative estimate of drug-likeness (QED) is 0.880. The van der Waals surface area contributed by atoms with Crippen molar-refractivity contribution in [1.29, 1.82) is 0 Å². The Labute approximate surface area is 133 Å². The van der Waals surface area contributed by atoms with Crippen LogP contribution >= 0.6 is 15.9 Å². The summed E-state index contributed by atoms with van der Waals surface area (Å²) in [6, 6.07) is 6.21. The van der Waals surface area contributed by atoms with Crippen molar-refractivity contribution in [2.75, 3.05) is 0 Å². The van der Waals surface area contributed by atoms with Gasteiger partial charge in [-0.25, -0.2) is 0 Å². The third kappa shape index (κ3) is 3.53. The second kappa shape index (κ2) is 6.43. The molecule has 0 unspecified atom stereocenters. The molecule has 0 fully saturated rings. The van der Waals surface area contributed by atoms with Gasteiger partial charge in [-0.2, -0.15) is 5.10 Å². The maximum Gasteiger partial charge on any atom is 0.273 e. The Morgan fingerprint density at radius 3 is 2.67 bits per heavy atom. The Hall–Kier alpha value is -1.62. The number of hydrogen-bond acceptors (Lipinski definition) is 2. The summed E-state index contributed by atoms with van der Waals surface area (Å²) in [6.07, 6.45) is 0. The molecule has 2 rings (SSSR count). The highest BCUT2D eigenvalue weighted by atomic mass is 79.9. The first-order valence-corrected chi connectivity index (χ1v) is 7.77. The van der Waals surface area contributed by atoms with E-state index >= 15 is 0 Å². The third-order valence-electron chi connectivity index (χ3n) is 3.46. The van der Waals surface area contributed by atoms with Gasteiger partial charge < -0.3 is 5.32 Å². The van der Waals surface area contributed by atoms with Crippen LogP contribution in [0.15, 0.2) is 22.7 Å². The molecular formula is C16H20BrN3O. The van der Waals surface area contributed by atoms with Crippen LogP contribution in [-0.4, -0.2) is 16.1 Å². The molecule has 0 spiro atoms. The van der Waals surface area contributed by atoms with E-state index in [2.05, 4.69) is 71.3 Å². The Morgan fingerprint density at radius 2 is 2.10 bits per heavy atom. The van der Waals surface area contributed by atoms with Gasteiger partial charge in [0.05, 0.1) is 10.2 Å². The third-order valence-corrected chi connectivity index (χ3v) is 4.27. The van der Waals surface area contributed by atoms with Crippen molar-refractivity contribution < 1.29 is 4.79 Å². The molecule has 21 heavy (non-hydrogen) atoms. The SMILES string of the molecule is Cc1ccc(CNC(=O)c2n[nH]c(C(C)C)c2Br)c(C)c1. The number of halogens is 1. The maximum absolute atomic E-state index is 12.2. The van der Waals surface area contributed by atoms with Crippen molar-refractivity contribution in [3.8, 4) is 0 Å². The number of carbonyl (C=O) groups is 1. The fourth-order valence-electron chi connectivity index (χ4n) is 2.18. The highest BCUT2D eigenvalue weighted by molar-refractivity contribution is 9.10. The summed E-state index contributed by atoms with van der Waals surface area (Å²) < 4.78 is 0.746. The fourth-order valence-corrected chi connectivity index (χ4v) is 2.99. The van der Waals surface area contributed by atoms with E-state index in [-0.39, 0.29) is 11.8 Å². The van der Waals surface area contributed by atoms with Crippen molar-refractivity contribution in [2.24, 2.45) is 0 Å². The molecule has 2 aromatic rings. The van der Waals surface area contributed by atoms with Gasteiger partial charge >= 0.3 is 0 Å². The zero-order chi connectivity index (χ0) is 15.6. The number of aromatic amines is 1. The number of benzene rings is 1. The predicted octanol–water partition coefficient (Wildman–Crippen LogP) is 3.84. The number of aryl methyl sites for hydroxylation is 2. The fraction of sp³-hybridized carbons (Fsp3) is 0.375. The van der Waals surface area contributed by atoms with Gasteiger partial charge in [-0.15, -0.1) is 0 Å². The minimum Gasteiger partial charge on any atom is -0.347 e. The second-order valence-corrected chi connectivity index (χ2v) is 6.36. The molecule has 1 aromatic carbocycles. The first-order valence-electron chi connectivity index (χ1n) is 6.98. The minimum atomic E-state index is -0.176. The molecule has 1 aromatic heterocycles. The molecular weight excluding hydrogens is 330 g/mol. The Bertz CT molecular complexity index is 662. The Balaban J connectivity index is 2.08. The lowest BCUT2D eigenvalue weighted by Gasteiger charge is -2.08. The van der Waals surface area contributed by atoms with E-state index < -0.39 is 0 Å². The lowest BCUT2D eigenvalue weighted by atomic mass is 10.1. The molecule has 2 N–H and O–H groups in total. The van der Waals surface area contributed by atoms with Crippen LogP contribution in [0.5, 0.6) is 0 Å². The van der Waals surface area contributed by atoms with Crippen molar-refractivity contribution in [1.82, 2.24) is 15.5 Å². The van der Waals surface area contributed by atoms with E-state index in [0.29, 0.717) is 12.2 Å². The van der Waals surface area contributed by atoms with Gasteiger partial charge in [-0.05, 0) is 46.8 Å². The van der Waals surface area contributed by atoms with Crippen molar-refractivity contribution in [3.63, 3.8) is 0 Å². The van der Waals surface area contributed by atoms with Gasteiger partial charge in [0, 0.05) is 6.54 Å². The standard InChI is InChI=1S/C16H20BrN3O/c1-9(2)14-13(17)15(20-19-14)16(21)18-8-12-6-5-10(3)7-11(12)4/h5-7,9H,8H2,1-4H3,(H,18,21)(H,19,20). The molecule has 0 atom stereocenters. The van der Waals surface area contributed by atoms with Crippen LogP contribution in [-0.2, 0) is 6.54 Å². The van der Waals surface area contributed by atoms with Crippen LogP contribution in [0.3, 0.4) is 0 Å². The largest absolute Gasteiger partial charge is 0.347 e. The average Bonchev–Trinajstić information content (AvgIpc) is 2.79. The van der Waals surface area contributed by atoms with E-state index in [0.717, 1.165) is 15.7 Å². The minimum absolute atomic E-state index is 0.176. The summed E-state index contributed by atoms with van der Waals surface area (Å²) in [5, 5.41) is 9.93. The summed E-state index contributed by atoms with van der Waals surface area (Å²) in [4.78, 5) is 12.2. The first-order chi connectivity index (χ1) is 9.90. The molecule has 0 aliphatic heterocycles. The van der Waals surface area contributed by atoms with Crippen molar-refractivity contribution >= 4 is 21.8 Å². The number of rotatable bonds is 4. The highest BCUT2D eigenvalue weighted by Gasteiger charge is 2.19. The van der Waals surface area contributed by atoms with Crippen LogP contribution in [0.1, 0.15) is 52.6 Å². The van der Waals surface area contributed by atoms with Crippen LogP contribution in [0, 0.1) is 13.8 Å². The van der Waals surface area contributed by atoms with Crippen LogP contribution in [0.2, 0.25) is 0 Å². The molecule has 0 aliphatic rings. The average molecular weight is 350 g/mol. The molecule has 4 nitrogen and oxygen atoms in total. The molecule has 0 radical (unpaired) electrons. The zero-order valence-corrected chi connectivity index (χ0v) is 14.3. The zero-order valence-electron chi connectivity index (χ0n) is 12.7. The summed E-state index contributed by atoms with van der Waals surface area (Å²) in [7, 11) is 0. The lowest BCUT2D eigenvalue weighted by molar-refractivity contribution is 0.0945. The molecule has 112 valence electrons. The molecule has 1 amide bonds. The lowest BCUT2D eigenvalue weighted by Crippen LogP contribution is -2.24. The monoisotopic (exact) mass is 349 g/mol. The summed E-state index contributed by atoms with van der Waals surface area (Å²) in [5.74, 6) is 0.109. The number of H-pyrrole nitrogens is 1. The molecule has 0 aliphatic carbocycles. The molecule has 0 saturated heterocycles. The second-order valence-electron chi connectivity index (χ2n) is 5.57. The van der Waals surface area contributed by atoms with Gasteiger partial charge in [0.1, 0.15) is 0 Å². The van der Waals surface area contributed by atoms with Crippen molar-refractivity contribution in [2.45, 2.75) is 40.2 Å². The molecule has 0 saturated carbocycles. The topological polar surface area (TPSA) is 57.8 Å². The molecule has 1 heterocycles. The Morgan fingerprint density at radius 1 is 1.38 bits per heavy atom. The van der Waals surface area contributed by atoms with Gasteiger partial charge in [-0.3, -0.25) is 9.89 Å². The van der Waals surface area contributed by atoms with E-state index in [1.165, 1.54) is 11.1 Å².